The average molecular weight is 453 g/mol. The van der Waals surface area contributed by atoms with E-state index in [2.05, 4.69) is 31.4 Å². The summed E-state index contributed by atoms with van der Waals surface area (Å²) in [5, 5.41) is 10.8. The third kappa shape index (κ3) is 5.26. The van der Waals surface area contributed by atoms with Gasteiger partial charge in [0.05, 0.1) is 11.6 Å². The SMILES string of the molecule is COc1ccc(CCC(=O)N2CCC(C(=O)Nc3nncs3)CC2)cc1Br. The summed E-state index contributed by atoms with van der Waals surface area (Å²) in [4.78, 5) is 26.6. The van der Waals surface area contributed by atoms with Crippen LogP contribution in [-0.2, 0) is 16.0 Å². The molecule has 1 aromatic heterocycles. The number of rotatable bonds is 6. The van der Waals surface area contributed by atoms with Gasteiger partial charge < -0.3 is 15.0 Å². The summed E-state index contributed by atoms with van der Waals surface area (Å²) in [5.74, 6) is 0.779. The molecule has 1 aromatic carbocycles. The van der Waals surface area contributed by atoms with E-state index in [1.165, 1.54) is 11.3 Å². The van der Waals surface area contributed by atoms with E-state index in [0.717, 1.165) is 15.8 Å². The minimum Gasteiger partial charge on any atom is -0.496 e. The molecule has 7 nitrogen and oxygen atoms in total. The maximum absolute atomic E-state index is 12.5. The average Bonchev–Trinajstić information content (AvgIpc) is 3.19. The number of ether oxygens (including phenoxy) is 1. The smallest absolute Gasteiger partial charge is 0.229 e. The number of amides is 2. The zero-order valence-corrected chi connectivity index (χ0v) is 17.4. The van der Waals surface area contributed by atoms with Crippen LogP contribution in [0.4, 0.5) is 5.13 Å². The molecule has 2 amide bonds. The lowest BCUT2D eigenvalue weighted by molar-refractivity contribution is -0.134. The van der Waals surface area contributed by atoms with E-state index < -0.39 is 0 Å². The molecule has 144 valence electrons. The number of anilines is 1. The molecule has 3 rings (SSSR count). The first-order chi connectivity index (χ1) is 13.1. The van der Waals surface area contributed by atoms with Gasteiger partial charge >= 0.3 is 0 Å². The molecule has 9 heteroatoms. The number of benzene rings is 1. The maximum atomic E-state index is 12.5. The predicted molar refractivity (Wildman–Crippen MR) is 107 cm³/mol. The fourth-order valence-electron chi connectivity index (χ4n) is 3.10. The van der Waals surface area contributed by atoms with Crippen molar-refractivity contribution in [2.75, 3.05) is 25.5 Å². The Kier molecular flexibility index (Phi) is 6.78. The summed E-state index contributed by atoms with van der Waals surface area (Å²) in [5.41, 5.74) is 2.67. The number of hydrogen-bond acceptors (Lipinski definition) is 6. The molecule has 0 aliphatic carbocycles. The molecule has 2 aromatic rings. The summed E-state index contributed by atoms with van der Waals surface area (Å²) >= 11 is 4.76. The van der Waals surface area contributed by atoms with Crippen molar-refractivity contribution in [3.8, 4) is 5.75 Å². The van der Waals surface area contributed by atoms with Crippen molar-refractivity contribution in [3.05, 3.63) is 33.7 Å². The second-order valence-electron chi connectivity index (χ2n) is 6.36. The molecule has 1 N–H and O–H groups in total. The van der Waals surface area contributed by atoms with Crippen molar-refractivity contribution in [2.45, 2.75) is 25.7 Å². The number of piperidine rings is 1. The fraction of sp³-hybridized carbons (Fsp3) is 0.444. The molecular formula is C18H21BrN4O3S. The molecular weight excluding hydrogens is 432 g/mol. The summed E-state index contributed by atoms with van der Waals surface area (Å²) in [7, 11) is 1.63. The van der Waals surface area contributed by atoms with Gasteiger partial charge in [0.25, 0.3) is 0 Å². The Morgan fingerprint density at radius 1 is 1.37 bits per heavy atom. The van der Waals surface area contributed by atoms with Gasteiger partial charge in [-0.3, -0.25) is 9.59 Å². The number of methoxy groups -OCH3 is 1. The van der Waals surface area contributed by atoms with Crippen molar-refractivity contribution < 1.29 is 14.3 Å². The lowest BCUT2D eigenvalue weighted by Gasteiger charge is -2.31. The van der Waals surface area contributed by atoms with Crippen LogP contribution in [-0.4, -0.2) is 47.1 Å². The second-order valence-corrected chi connectivity index (χ2v) is 8.04. The first-order valence-corrected chi connectivity index (χ1v) is 10.4. The first-order valence-electron chi connectivity index (χ1n) is 8.74. The van der Waals surface area contributed by atoms with Crippen LogP contribution in [0.5, 0.6) is 5.75 Å². The number of nitrogens with zero attached hydrogens (tertiary/aromatic N) is 3. The van der Waals surface area contributed by atoms with E-state index in [0.29, 0.717) is 43.9 Å². The van der Waals surface area contributed by atoms with Crippen molar-refractivity contribution in [1.82, 2.24) is 15.1 Å². The lowest BCUT2D eigenvalue weighted by Crippen LogP contribution is -2.41. The molecule has 27 heavy (non-hydrogen) atoms. The van der Waals surface area contributed by atoms with E-state index in [4.69, 9.17) is 4.74 Å². The second kappa shape index (κ2) is 9.27. The predicted octanol–water partition coefficient (Wildman–Crippen LogP) is 3.12. The van der Waals surface area contributed by atoms with Crippen LogP contribution in [0.15, 0.2) is 28.2 Å². The van der Waals surface area contributed by atoms with E-state index >= 15 is 0 Å². The Morgan fingerprint density at radius 3 is 2.78 bits per heavy atom. The van der Waals surface area contributed by atoms with E-state index in [-0.39, 0.29) is 17.7 Å². The number of nitrogens with one attached hydrogen (secondary N) is 1. The number of aryl methyl sites for hydroxylation is 1. The highest BCUT2D eigenvalue weighted by Gasteiger charge is 2.27. The molecule has 0 radical (unpaired) electrons. The molecule has 1 fully saturated rings. The van der Waals surface area contributed by atoms with E-state index in [1.54, 1.807) is 12.6 Å². The Morgan fingerprint density at radius 2 is 2.15 bits per heavy atom. The van der Waals surface area contributed by atoms with Gasteiger partial charge in [0.2, 0.25) is 16.9 Å². The molecule has 0 unspecified atom stereocenters. The number of carbonyl (C=O) groups excluding carboxylic acids is 2. The van der Waals surface area contributed by atoms with E-state index in [1.807, 2.05) is 23.1 Å². The summed E-state index contributed by atoms with van der Waals surface area (Å²) < 4.78 is 6.11. The number of hydrogen-bond donors (Lipinski definition) is 1. The Hall–Kier alpha value is -2.00. The van der Waals surface area contributed by atoms with Gasteiger partial charge in [0, 0.05) is 25.4 Å². The fourth-order valence-corrected chi connectivity index (χ4v) is 4.14. The highest BCUT2D eigenvalue weighted by atomic mass is 79.9. The molecule has 1 aliphatic rings. The molecule has 0 saturated carbocycles. The van der Waals surface area contributed by atoms with Gasteiger partial charge in [0.15, 0.2) is 0 Å². The normalized spacial score (nSPS) is 14.8. The summed E-state index contributed by atoms with van der Waals surface area (Å²) in [6.45, 7) is 1.22. The minimum absolute atomic E-state index is 0.0399. The minimum atomic E-state index is -0.0875. The topological polar surface area (TPSA) is 84.4 Å². The van der Waals surface area contributed by atoms with Crippen LogP contribution in [0.25, 0.3) is 0 Å². The van der Waals surface area contributed by atoms with E-state index in [9.17, 15) is 9.59 Å². The Bertz CT molecular complexity index is 792. The van der Waals surface area contributed by atoms with Gasteiger partial charge in [-0.15, -0.1) is 10.2 Å². The zero-order chi connectivity index (χ0) is 19.2. The number of aromatic nitrogens is 2. The van der Waals surface area contributed by atoms with Crippen LogP contribution in [0.1, 0.15) is 24.8 Å². The number of carbonyl (C=O) groups is 2. The zero-order valence-electron chi connectivity index (χ0n) is 15.0. The van der Waals surface area contributed by atoms with Crippen molar-refractivity contribution in [3.63, 3.8) is 0 Å². The monoisotopic (exact) mass is 452 g/mol. The third-order valence-corrected chi connectivity index (χ3v) is 5.88. The third-order valence-electron chi connectivity index (χ3n) is 4.65. The maximum Gasteiger partial charge on any atom is 0.229 e. The molecule has 0 bridgehead atoms. The number of likely N-dealkylation sites (tertiary alicyclic amines) is 1. The standard InChI is InChI=1S/C18H21BrN4O3S/c1-26-15-4-2-12(10-14(15)19)3-5-16(24)23-8-6-13(7-9-23)17(25)21-18-22-20-11-27-18/h2,4,10-11,13H,3,5-9H2,1H3,(H,21,22,25). The summed E-state index contributed by atoms with van der Waals surface area (Å²) in [6.07, 6.45) is 2.48. The highest BCUT2D eigenvalue weighted by Crippen LogP contribution is 2.26. The van der Waals surface area contributed by atoms with Crippen molar-refractivity contribution in [2.24, 2.45) is 5.92 Å². The van der Waals surface area contributed by atoms with Crippen LogP contribution >= 0.6 is 27.3 Å². The molecule has 1 saturated heterocycles. The Balaban J connectivity index is 1.44. The summed E-state index contributed by atoms with van der Waals surface area (Å²) in [6, 6.07) is 5.85. The van der Waals surface area contributed by atoms with Gasteiger partial charge in [-0.2, -0.15) is 0 Å². The van der Waals surface area contributed by atoms with Crippen LogP contribution in [0, 0.1) is 5.92 Å². The molecule has 2 heterocycles. The largest absolute Gasteiger partial charge is 0.496 e. The van der Waals surface area contributed by atoms with Crippen molar-refractivity contribution >= 4 is 44.2 Å². The first kappa shape index (κ1) is 19.8. The molecule has 0 spiro atoms. The lowest BCUT2D eigenvalue weighted by atomic mass is 9.95. The molecule has 0 atom stereocenters. The van der Waals surface area contributed by atoms with Crippen LogP contribution in [0.3, 0.4) is 0 Å². The van der Waals surface area contributed by atoms with Gasteiger partial charge in [-0.05, 0) is 52.9 Å². The van der Waals surface area contributed by atoms with Gasteiger partial charge in [-0.1, -0.05) is 17.4 Å². The molecule has 1 aliphatic heterocycles. The van der Waals surface area contributed by atoms with Crippen LogP contribution in [0.2, 0.25) is 0 Å². The van der Waals surface area contributed by atoms with Crippen molar-refractivity contribution in [1.29, 1.82) is 0 Å². The quantitative estimate of drug-likeness (QED) is 0.727. The number of halogens is 1. The Labute approximate surface area is 170 Å². The van der Waals surface area contributed by atoms with Gasteiger partial charge in [-0.25, -0.2) is 0 Å². The highest BCUT2D eigenvalue weighted by molar-refractivity contribution is 9.10. The van der Waals surface area contributed by atoms with Crippen LogP contribution < -0.4 is 10.1 Å². The van der Waals surface area contributed by atoms with Gasteiger partial charge in [0.1, 0.15) is 11.3 Å².